The maximum absolute atomic E-state index is 13.6. The van der Waals surface area contributed by atoms with E-state index in [-0.39, 0.29) is 54.4 Å². The van der Waals surface area contributed by atoms with Crippen molar-refractivity contribution in [2.24, 2.45) is 32.7 Å². The van der Waals surface area contributed by atoms with E-state index in [1.165, 1.54) is 7.11 Å². The summed E-state index contributed by atoms with van der Waals surface area (Å²) in [7, 11) is 1.29. The number of carbonyl (C=O) groups excluding carboxylic acids is 4. The van der Waals surface area contributed by atoms with Crippen molar-refractivity contribution in [1.82, 2.24) is 10.6 Å². The number of aliphatic imine (C=N–C) groups is 3. The molecule has 8 bridgehead atoms. The van der Waals surface area contributed by atoms with Gasteiger partial charge in [0, 0.05) is 69.6 Å². The molecule has 7 rings (SSSR count). The highest BCUT2D eigenvalue weighted by atomic mass is 16.5. The van der Waals surface area contributed by atoms with Crippen LogP contribution >= 0.6 is 0 Å². The third kappa shape index (κ3) is 6.44. The third-order valence-corrected chi connectivity index (χ3v) is 12.4. The Morgan fingerprint density at radius 3 is 2.29 bits per heavy atom. The first-order valence-electron chi connectivity index (χ1n) is 19.7. The molecule has 12 nitrogen and oxygen atoms in total. The molecular weight excluding hydrogens is 735 g/mol. The fourth-order valence-corrected chi connectivity index (χ4v) is 8.77. The summed E-state index contributed by atoms with van der Waals surface area (Å²) in [6.45, 7) is 19.2. The molecule has 3 unspecified atom stereocenters. The van der Waals surface area contributed by atoms with E-state index in [2.05, 4.69) is 38.0 Å². The normalized spacial score (nSPS) is 24.1. The summed E-state index contributed by atoms with van der Waals surface area (Å²) in [5.41, 5.74) is 12.7. The van der Waals surface area contributed by atoms with E-state index in [9.17, 15) is 24.3 Å². The highest BCUT2D eigenvalue weighted by Gasteiger charge is 2.49. The topological polar surface area (TPSA) is 168 Å². The highest BCUT2D eigenvalue weighted by Crippen LogP contribution is 2.49. The van der Waals surface area contributed by atoms with Crippen LogP contribution in [0.1, 0.15) is 74.7 Å². The lowest BCUT2D eigenvalue weighted by Crippen LogP contribution is -2.32. The zero-order valence-corrected chi connectivity index (χ0v) is 34.5. The maximum Gasteiger partial charge on any atom is 0.321 e. The largest absolute Gasteiger partial charge is 0.510 e. The van der Waals surface area contributed by atoms with E-state index < -0.39 is 17.9 Å². The molecule has 3 atom stereocenters. The molecule has 3 N–H and O–H groups in total. The molecule has 0 radical (unpaired) electrons. The van der Waals surface area contributed by atoms with Crippen LogP contribution in [-0.2, 0) is 28.7 Å². The number of aliphatic hydroxyl groups is 1. The van der Waals surface area contributed by atoms with Crippen LogP contribution in [0.4, 0.5) is 0 Å². The highest BCUT2D eigenvalue weighted by molar-refractivity contribution is 6.25. The van der Waals surface area contributed by atoms with Crippen molar-refractivity contribution < 1.29 is 33.8 Å². The van der Waals surface area contributed by atoms with Gasteiger partial charge in [0.05, 0.1) is 47.0 Å². The van der Waals surface area contributed by atoms with E-state index in [1.54, 1.807) is 26.8 Å². The van der Waals surface area contributed by atoms with Gasteiger partial charge < -0.3 is 25.2 Å². The third-order valence-electron chi connectivity index (χ3n) is 12.4. The van der Waals surface area contributed by atoms with E-state index in [0.717, 1.165) is 57.2 Å². The zero-order chi connectivity index (χ0) is 41.9. The van der Waals surface area contributed by atoms with Crippen molar-refractivity contribution in [2.45, 2.75) is 74.7 Å². The van der Waals surface area contributed by atoms with Crippen molar-refractivity contribution in [3.05, 3.63) is 127 Å². The number of rotatable bonds is 10. The van der Waals surface area contributed by atoms with E-state index >= 15 is 0 Å². The van der Waals surface area contributed by atoms with Crippen LogP contribution in [0.3, 0.4) is 0 Å². The molecule has 12 heteroatoms. The lowest BCUT2D eigenvalue weighted by Gasteiger charge is -2.21. The molecule has 0 aromatic rings. The van der Waals surface area contributed by atoms with Crippen LogP contribution in [0.15, 0.2) is 142 Å². The number of ether oxygens (including phenoxy) is 2. The molecule has 0 spiro atoms. The molecule has 0 saturated carbocycles. The van der Waals surface area contributed by atoms with Gasteiger partial charge in [-0.3, -0.25) is 19.2 Å². The molecule has 2 aliphatic carbocycles. The molecule has 1 saturated heterocycles. The Kier molecular flexibility index (Phi) is 10.6. The zero-order valence-electron chi connectivity index (χ0n) is 34.5. The molecule has 7 aliphatic rings. The predicted octanol–water partition coefficient (Wildman–Crippen LogP) is 6.92. The summed E-state index contributed by atoms with van der Waals surface area (Å²) in [6, 6.07) is 0. The van der Waals surface area contributed by atoms with Crippen LogP contribution in [0, 0.1) is 17.8 Å². The number of nitrogens with one attached hydrogen (secondary N) is 2. The van der Waals surface area contributed by atoms with Crippen LogP contribution in [0.5, 0.6) is 0 Å². The van der Waals surface area contributed by atoms with Crippen molar-refractivity contribution >= 4 is 40.6 Å². The summed E-state index contributed by atoms with van der Waals surface area (Å²) in [4.78, 5) is 67.5. The summed E-state index contributed by atoms with van der Waals surface area (Å²) in [6.07, 6.45) is 8.85. The summed E-state index contributed by atoms with van der Waals surface area (Å²) in [5, 5.41) is 18.4. The second-order valence-electron chi connectivity index (χ2n) is 15.5. The summed E-state index contributed by atoms with van der Waals surface area (Å²) >= 11 is 0. The van der Waals surface area contributed by atoms with Crippen LogP contribution < -0.4 is 10.6 Å². The molecular formula is C46H49N5O7. The van der Waals surface area contributed by atoms with E-state index in [1.807, 2.05) is 32.1 Å². The number of allylic oxidation sites excluding steroid dienone is 14. The van der Waals surface area contributed by atoms with Gasteiger partial charge in [0.25, 0.3) is 0 Å². The molecule has 1 fully saturated rings. The Morgan fingerprint density at radius 2 is 1.60 bits per heavy atom. The first-order valence-corrected chi connectivity index (χ1v) is 19.7. The van der Waals surface area contributed by atoms with Gasteiger partial charge in [-0.25, -0.2) is 15.0 Å². The van der Waals surface area contributed by atoms with Crippen molar-refractivity contribution in [3.8, 4) is 0 Å². The van der Waals surface area contributed by atoms with Crippen molar-refractivity contribution in [3.63, 3.8) is 0 Å². The van der Waals surface area contributed by atoms with E-state index in [0.29, 0.717) is 57.0 Å². The number of fused-ring (bicyclic) bond motifs is 5. The maximum atomic E-state index is 13.6. The number of nitrogens with zero attached hydrogens (tertiary/aromatic N) is 3. The van der Waals surface area contributed by atoms with Crippen LogP contribution in [0.25, 0.3) is 0 Å². The van der Waals surface area contributed by atoms with Gasteiger partial charge in [0.15, 0.2) is 5.78 Å². The Hall–Kier alpha value is -6.17. The van der Waals surface area contributed by atoms with E-state index in [4.69, 9.17) is 24.5 Å². The number of carbonyl (C=O) groups is 4. The monoisotopic (exact) mass is 783 g/mol. The first kappa shape index (κ1) is 40.0. The van der Waals surface area contributed by atoms with Gasteiger partial charge in [-0.1, -0.05) is 26.5 Å². The van der Waals surface area contributed by atoms with Gasteiger partial charge in [-0.05, 0) is 94.9 Å². The molecule has 5 heterocycles. The lowest BCUT2D eigenvalue weighted by atomic mass is 9.84. The number of ketones is 2. The van der Waals surface area contributed by atoms with Crippen LogP contribution in [0.2, 0.25) is 0 Å². The minimum absolute atomic E-state index is 0.0190. The average molecular weight is 784 g/mol. The minimum atomic E-state index is -1.14. The molecule has 0 aromatic carbocycles. The number of hydrogen-bond acceptors (Lipinski definition) is 12. The second-order valence-corrected chi connectivity index (χ2v) is 15.5. The van der Waals surface area contributed by atoms with Gasteiger partial charge in [0.2, 0.25) is 5.78 Å². The average Bonchev–Trinajstić information content (AvgIpc) is 3.95. The number of esters is 2. The number of aliphatic hydroxyl groups excluding tert-OH is 1. The Morgan fingerprint density at radius 1 is 0.914 bits per heavy atom. The Labute approximate surface area is 338 Å². The molecule has 58 heavy (non-hydrogen) atoms. The van der Waals surface area contributed by atoms with Crippen LogP contribution in [-0.4, -0.2) is 66.0 Å². The van der Waals surface area contributed by atoms with Gasteiger partial charge in [0.1, 0.15) is 18.3 Å². The fourth-order valence-electron chi connectivity index (χ4n) is 8.77. The lowest BCUT2D eigenvalue weighted by molar-refractivity contribution is -0.144. The summed E-state index contributed by atoms with van der Waals surface area (Å²) in [5.74, 6) is -3.30. The quantitative estimate of drug-likeness (QED) is 0.121. The Bertz CT molecular complexity index is 2460. The predicted molar refractivity (Wildman–Crippen MR) is 222 cm³/mol. The van der Waals surface area contributed by atoms with Gasteiger partial charge in [-0.15, -0.1) is 0 Å². The van der Waals surface area contributed by atoms with Crippen molar-refractivity contribution in [2.75, 3.05) is 20.3 Å². The second kappa shape index (κ2) is 15.3. The Balaban J connectivity index is 1.25. The molecule has 5 aliphatic heterocycles. The minimum Gasteiger partial charge on any atom is -0.510 e. The number of methoxy groups -OCH3 is 1. The van der Waals surface area contributed by atoms with Crippen molar-refractivity contribution in [1.29, 1.82) is 0 Å². The number of hydrogen-bond donors (Lipinski definition) is 3. The van der Waals surface area contributed by atoms with Gasteiger partial charge >= 0.3 is 11.9 Å². The fraction of sp³-hybridized carbons (Fsp3) is 0.370. The van der Waals surface area contributed by atoms with Gasteiger partial charge in [-0.2, -0.15) is 0 Å². The summed E-state index contributed by atoms with van der Waals surface area (Å²) < 4.78 is 10.9. The molecule has 0 aromatic heterocycles. The SMILES string of the molecule is C=CC1=C(C)C2=NC1=CC1=NC(=CC3=C(C)C4=C(O)C(C(=O)OC)C(=C5NC(=C2)C(C)C5CCC(=O)OCCNC2=C(C)C(=O)C(C)=C(C)C2=O)C4=N3)C(CC)=C1C. The first-order chi connectivity index (χ1) is 27.6. The smallest absolute Gasteiger partial charge is 0.321 e. The molecule has 300 valence electrons. The number of Topliss-reactive ketones (excluding diaryl/α,β-unsaturated/α-hetero) is 2. The standard InChI is InChI=1S/C46H49N5O7/c1-11-27-22(5)30-17-32-24(7)29(13-14-36(52)58-16-15-47-40-26(9)43(53)20(3)21(4)44(40)54)41(50-32)38-39(46(56)57-10)45(55)37-25(8)33(51-42(37)38)19-35-28(12-2)23(6)31(49-35)18-34(27)48-30/h11,17-19,24,29,39,47,50,55H,1,12-16H2,2-10H3. The molecule has 0 amide bonds.